The Kier molecular flexibility index (Phi) is 3.43. The van der Waals surface area contributed by atoms with Crippen LogP contribution in [0, 0.1) is 0 Å². The summed E-state index contributed by atoms with van der Waals surface area (Å²) in [5, 5.41) is 0. The van der Waals surface area contributed by atoms with Crippen molar-refractivity contribution >= 4 is 0 Å². The van der Waals surface area contributed by atoms with Crippen molar-refractivity contribution in [1.82, 2.24) is 4.98 Å². The molecule has 0 saturated heterocycles. The van der Waals surface area contributed by atoms with Crippen LogP contribution < -0.4 is 5.73 Å². The molecule has 0 radical (unpaired) electrons. The minimum absolute atomic E-state index is 0.0347. The first-order valence-electron chi connectivity index (χ1n) is 4.76. The number of hydrogen-bond donors (Lipinski definition) is 1. The van der Waals surface area contributed by atoms with E-state index in [2.05, 4.69) is 31.0 Å². The first-order chi connectivity index (χ1) is 6.08. The summed E-state index contributed by atoms with van der Waals surface area (Å²) in [5.74, 6) is 0. The highest BCUT2D eigenvalue weighted by atomic mass is 14.7. The molecule has 0 aliphatic rings. The predicted octanol–water partition coefficient (Wildman–Crippen LogP) is 2.14. The van der Waals surface area contributed by atoms with E-state index in [1.807, 2.05) is 12.4 Å². The second-order valence-electron chi connectivity index (χ2n) is 4.20. The van der Waals surface area contributed by atoms with Crippen LogP contribution in [0.25, 0.3) is 0 Å². The number of nitrogens with zero attached hydrogens (tertiary/aromatic N) is 1. The van der Waals surface area contributed by atoms with Gasteiger partial charge < -0.3 is 5.73 Å². The molecular weight excluding hydrogens is 160 g/mol. The second-order valence-corrected chi connectivity index (χ2v) is 4.20. The third-order valence-corrected chi connectivity index (χ3v) is 2.04. The van der Waals surface area contributed by atoms with E-state index in [9.17, 15) is 0 Å². The normalized spacial score (nSPS) is 11.6. The van der Waals surface area contributed by atoms with Gasteiger partial charge in [-0.25, -0.2) is 0 Å². The zero-order valence-electron chi connectivity index (χ0n) is 8.46. The number of aryl methyl sites for hydroxylation is 1. The van der Waals surface area contributed by atoms with Gasteiger partial charge in [-0.05, 0) is 50.8 Å². The van der Waals surface area contributed by atoms with Crippen LogP contribution in [-0.4, -0.2) is 10.5 Å². The zero-order chi connectivity index (χ0) is 9.73. The monoisotopic (exact) mass is 178 g/mol. The Balaban J connectivity index is 2.29. The molecule has 0 saturated carbocycles. The average molecular weight is 178 g/mol. The van der Waals surface area contributed by atoms with E-state index in [0.29, 0.717) is 0 Å². The van der Waals surface area contributed by atoms with E-state index in [-0.39, 0.29) is 5.54 Å². The van der Waals surface area contributed by atoms with Gasteiger partial charge >= 0.3 is 0 Å². The summed E-state index contributed by atoms with van der Waals surface area (Å²) in [6.07, 6.45) is 6.98. The lowest BCUT2D eigenvalue weighted by Crippen LogP contribution is -2.31. The van der Waals surface area contributed by atoms with E-state index in [1.54, 1.807) is 0 Å². The van der Waals surface area contributed by atoms with Crippen molar-refractivity contribution in [3.63, 3.8) is 0 Å². The van der Waals surface area contributed by atoms with Crippen LogP contribution in [0.5, 0.6) is 0 Å². The molecule has 1 heterocycles. The average Bonchev–Trinajstić information content (AvgIpc) is 2.04. The van der Waals surface area contributed by atoms with Crippen molar-refractivity contribution in [2.45, 2.75) is 38.6 Å². The molecule has 72 valence electrons. The summed E-state index contributed by atoms with van der Waals surface area (Å²) in [6.45, 7) is 4.14. The van der Waals surface area contributed by atoms with Crippen LogP contribution in [0.4, 0.5) is 0 Å². The number of pyridine rings is 1. The number of hydrogen-bond acceptors (Lipinski definition) is 2. The molecule has 0 unspecified atom stereocenters. The molecule has 2 heteroatoms. The van der Waals surface area contributed by atoms with Gasteiger partial charge in [0.2, 0.25) is 0 Å². The Morgan fingerprint density at radius 1 is 1.31 bits per heavy atom. The van der Waals surface area contributed by atoms with E-state index in [1.165, 1.54) is 5.56 Å². The van der Waals surface area contributed by atoms with E-state index < -0.39 is 0 Å². The van der Waals surface area contributed by atoms with Crippen LogP contribution in [0.1, 0.15) is 32.3 Å². The van der Waals surface area contributed by atoms with Crippen LogP contribution in [0.15, 0.2) is 24.5 Å². The van der Waals surface area contributed by atoms with Crippen LogP contribution in [-0.2, 0) is 6.42 Å². The second kappa shape index (κ2) is 4.38. The summed E-state index contributed by atoms with van der Waals surface area (Å²) in [5.41, 5.74) is 7.20. The number of rotatable bonds is 4. The minimum Gasteiger partial charge on any atom is -0.326 e. The summed E-state index contributed by atoms with van der Waals surface area (Å²) in [6, 6.07) is 4.12. The zero-order valence-corrected chi connectivity index (χ0v) is 8.46. The highest BCUT2D eigenvalue weighted by Gasteiger charge is 2.09. The molecule has 1 aromatic rings. The first-order valence-corrected chi connectivity index (χ1v) is 4.76. The Bertz CT molecular complexity index is 236. The molecule has 0 amide bonds. The molecule has 0 bridgehead atoms. The van der Waals surface area contributed by atoms with Gasteiger partial charge in [-0.3, -0.25) is 4.98 Å². The van der Waals surface area contributed by atoms with E-state index >= 15 is 0 Å². The largest absolute Gasteiger partial charge is 0.326 e. The van der Waals surface area contributed by atoms with Gasteiger partial charge in [0.15, 0.2) is 0 Å². The van der Waals surface area contributed by atoms with Gasteiger partial charge in [0.25, 0.3) is 0 Å². The van der Waals surface area contributed by atoms with Crippen LogP contribution in [0.3, 0.4) is 0 Å². The molecule has 0 aliphatic heterocycles. The van der Waals surface area contributed by atoms with Gasteiger partial charge in [-0.15, -0.1) is 0 Å². The van der Waals surface area contributed by atoms with Crippen LogP contribution >= 0.6 is 0 Å². The Labute approximate surface area is 80.2 Å². The van der Waals surface area contributed by atoms with Crippen molar-refractivity contribution < 1.29 is 0 Å². The van der Waals surface area contributed by atoms with Crippen LogP contribution in [0.2, 0.25) is 0 Å². The summed E-state index contributed by atoms with van der Waals surface area (Å²) in [7, 11) is 0. The maximum atomic E-state index is 5.89. The molecule has 1 aromatic heterocycles. The van der Waals surface area contributed by atoms with Gasteiger partial charge in [-0.2, -0.15) is 0 Å². The van der Waals surface area contributed by atoms with E-state index in [0.717, 1.165) is 19.3 Å². The SMILES string of the molecule is CC(C)(N)CCCc1ccncc1. The fourth-order valence-corrected chi connectivity index (χ4v) is 1.30. The molecule has 2 N–H and O–H groups in total. The van der Waals surface area contributed by atoms with Crippen molar-refractivity contribution in [2.24, 2.45) is 5.73 Å². The number of aromatic nitrogens is 1. The smallest absolute Gasteiger partial charge is 0.0270 e. The molecule has 13 heavy (non-hydrogen) atoms. The van der Waals surface area contributed by atoms with Gasteiger partial charge in [-0.1, -0.05) is 0 Å². The molecule has 2 nitrogen and oxygen atoms in total. The first kappa shape index (κ1) is 10.2. The highest BCUT2D eigenvalue weighted by Crippen LogP contribution is 2.10. The van der Waals surface area contributed by atoms with Gasteiger partial charge in [0.05, 0.1) is 0 Å². The lowest BCUT2D eigenvalue weighted by molar-refractivity contribution is 0.459. The molecule has 0 spiro atoms. The summed E-state index contributed by atoms with van der Waals surface area (Å²) >= 11 is 0. The summed E-state index contributed by atoms with van der Waals surface area (Å²) < 4.78 is 0. The Morgan fingerprint density at radius 2 is 1.92 bits per heavy atom. The number of nitrogens with two attached hydrogens (primary N) is 1. The Hall–Kier alpha value is -0.890. The fraction of sp³-hybridized carbons (Fsp3) is 0.545. The van der Waals surface area contributed by atoms with Crippen molar-refractivity contribution in [3.8, 4) is 0 Å². The standard InChI is InChI=1S/C11H18N2/c1-11(2,12)7-3-4-10-5-8-13-9-6-10/h5-6,8-9H,3-4,7,12H2,1-2H3. The molecule has 0 aromatic carbocycles. The molecule has 1 rings (SSSR count). The fourth-order valence-electron chi connectivity index (χ4n) is 1.30. The van der Waals surface area contributed by atoms with Gasteiger partial charge in [0.1, 0.15) is 0 Å². The topological polar surface area (TPSA) is 38.9 Å². The van der Waals surface area contributed by atoms with E-state index in [4.69, 9.17) is 5.73 Å². The molecule has 0 atom stereocenters. The lowest BCUT2D eigenvalue weighted by atomic mass is 9.97. The highest BCUT2D eigenvalue weighted by molar-refractivity contribution is 5.09. The minimum atomic E-state index is -0.0347. The molecule has 0 fully saturated rings. The van der Waals surface area contributed by atoms with Gasteiger partial charge in [0, 0.05) is 17.9 Å². The van der Waals surface area contributed by atoms with Crippen molar-refractivity contribution in [3.05, 3.63) is 30.1 Å². The quantitative estimate of drug-likeness (QED) is 0.767. The lowest BCUT2D eigenvalue weighted by Gasteiger charge is -2.17. The predicted molar refractivity (Wildman–Crippen MR) is 55.4 cm³/mol. The maximum Gasteiger partial charge on any atom is 0.0270 e. The molecular formula is C11H18N2. The maximum absolute atomic E-state index is 5.89. The molecule has 0 aliphatic carbocycles. The Morgan fingerprint density at radius 3 is 2.46 bits per heavy atom. The third-order valence-electron chi connectivity index (χ3n) is 2.04. The van der Waals surface area contributed by atoms with Crippen molar-refractivity contribution in [1.29, 1.82) is 0 Å². The van der Waals surface area contributed by atoms with Crippen molar-refractivity contribution in [2.75, 3.05) is 0 Å². The summed E-state index contributed by atoms with van der Waals surface area (Å²) in [4.78, 5) is 3.98. The third kappa shape index (κ3) is 4.63.